The lowest BCUT2D eigenvalue weighted by Gasteiger charge is -2.21. The summed E-state index contributed by atoms with van der Waals surface area (Å²) in [7, 11) is 0. The number of carboxylic acids is 1. The standard InChI is InChI=1S/C15H21FN2O3/c1-2-3-8-18(11-14(19)17-9-15(20)21)10-12-6-4-5-7-13(12)16/h4-7H,2-3,8-11H2,1H3,(H,17,19)(H,20,21). The Labute approximate surface area is 123 Å². The molecule has 1 aromatic carbocycles. The Morgan fingerprint density at radius 2 is 2.05 bits per heavy atom. The maximum absolute atomic E-state index is 13.7. The predicted molar refractivity (Wildman–Crippen MR) is 77.2 cm³/mol. The van der Waals surface area contributed by atoms with Crippen LogP contribution in [0.15, 0.2) is 24.3 Å². The highest BCUT2D eigenvalue weighted by Gasteiger charge is 2.13. The smallest absolute Gasteiger partial charge is 0.322 e. The molecule has 21 heavy (non-hydrogen) atoms. The summed E-state index contributed by atoms with van der Waals surface area (Å²) in [6, 6.07) is 6.44. The van der Waals surface area contributed by atoms with Gasteiger partial charge in [0.25, 0.3) is 0 Å². The number of halogens is 1. The van der Waals surface area contributed by atoms with E-state index in [-0.39, 0.29) is 18.3 Å². The summed E-state index contributed by atoms with van der Waals surface area (Å²) in [6.07, 6.45) is 1.85. The molecule has 0 aromatic heterocycles. The second kappa shape index (κ2) is 9.07. The van der Waals surface area contributed by atoms with Gasteiger partial charge in [-0.2, -0.15) is 0 Å². The first-order valence-electron chi connectivity index (χ1n) is 6.97. The number of nitrogens with zero attached hydrogens (tertiary/aromatic N) is 1. The zero-order valence-electron chi connectivity index (χ0n) is 12.1. The molecule has 0 aliphatic heterocycles. The summed E-state index contributed by atoms with van der Waals surface area (Å²) in [5.41, 5.74) is 0.527. The molecule has 0 saturated heterocycles. The van der Waals surface area contributed by atoms with Crippen molar-refractivity contribution in [3.05, 3.63) is 35.6 Å². The van der Waals surface area contributed by atoms with Gasteiger partial charge in [0.1, 0.15) is 12.4 Å². The first-order valence-corrected chi connectivity index (χ1v) is 6.97. The number of carbonyl (C=O) groups is 2. The highest BCUT2D eigenvalue weighted by atomic mass is 19.1. The second-order valence-corrected chi connectivity index (χ2v) is 4.83. The Kier molecular flexibility index (Phi) is 7.39. The van der Waals surface area contributed by atoms with Gasteiger partial charge in [0, 0.05) is 12.1 Å². The fourth-order valence-corrected chi connectivity index (χ4v) is 1.90. The van der Waals surface area contributed by atoms with Gasteiger partial charge in [-0.1, -0.05) is 31.5 Å². The first kappa shape index (κ1) is 17.1. The Morgan fingerprint density at radius 1 is 1.33 bits per heavy atom. The highest BCUT2D eigenvalue weighted by Crippen LogP contribution is 2.10. The molecule has 5 nitrogen and oxygen atoms in total. The molecule has 116 valence electrons. The molecule has 0 fully saturated rings. The molecule has 0 bridgehead atoms. The average molecular weight is 296 g/mol. The number of aliphatic carboxylic acids is 1. The second-order valence-electron chi connectivity index (χ2n) is 4.83. The van der Waals surface area contributed by atoms with E-state index in [0.717, 1.165) is 12.8 Å². The van der Waals surface area contributed by atoms with Gasteiger partial charge in [0.05, 0.1) is 6.54 Å². The lowest BCUT2D eigenvalue weighted by molar-refractivity contribution is -0.138. The van der Waals surface area contributed by atoms with E-state index in [0.29, 0.717) is 18.7 Å². The average Bonchev–Trinajstić information content (AvgIpc) is 2.45. The van der Waals surface area contributed by atoms with Crippen LogP contribution in [0.3, 0.4) is 0 Å². The molecule has 1 amide bonds. The lowest BCUT2D eigenvalue weighted by Crippen LogP contribution is -2.39. The molecule has 0 atom stereocenters. The van der Waals surface area contributed by atoms with Crippen LogP contribution in [0.2, 0.25) is 0 Å². The van der Waals surface area contributed by atoms with Crippen molar-refractivity contribution in [2.75, 3.05) is 19.6 Å². The minimum atomic E-state index is -1.09. The van der Waals surface area contributed by atoms with Gasteiger partial charge >= 0.3 is 5.97 Å². The van der Waals surface area contributed by atoms with Gasteiger partial charge in [0.15, 0.2) is 0 Å². The number of rotatable bonds is 9. The van der Waals surface area contributed by atoms with E-state index >= 15 is 0 Å². The van der Waals surface area contributed by atoms with Gasteiger partial charge in [-0.25, -0.2) is 4.39 Å². The third kappa shape index (κ3) is 6.85. The molecule has 0 radical (unpaired) electrons. The number of unbranched alkanes of at least 4 members (excludes halogenated alkanes) is 1. The maximum Gasteiger partial charge on any atom is 0.322 e. The summed E-state index contributed by atoms with van der Waals surface area (Å²) in [6.45, 7) is 2.67. The summed E-state index contributed by atoms with van der Waals surface area (Å²) < 4.78 is 13.7. The zero-order chi connectivity index (χ0) is 15.7. The van der Waals surface area contributed by atoms with Gasteiger partial charge in [0.2, 0.25) is 5.91 Å². The molecule has 0 spiro atoms. The van der Waals surface area contributed by atoms with Crippen molar-refractivity contribution in [2.45, 2.75) is 26.3 Å². The van der Waals surface area contributed by atoms with Crippen LogP contribution in [-0.4, -0.2) is 41.5 Å². The van der Waals surface area contributed by atoms with Crippen molar-refractivity contribution >= 4 is 11.9 Å². The number of carboxylic acid groups (broad SMARTS) is 1. The van der Waals surface area contributed by atoms with Crippen LogP contribution in [0, 0.1) is 5.82 Å². The van der Waals surface area contributed by atoms with Crippen LogP contribution < -0.4 is 5.32 Å². The summed E-state index contributed by atoms with van der Waals surface area (Å²) in [5.74, 6) is -1.76. The van der Waals surface area contributed by atoms with Crippen LogP contribution in [0.25, 0.3) is 0 Å². The Bertz CT molecular complexity index is 480. The zero-order valence-corrected chi connectivity index (χ0v) is 12.1. The third-order valence-electron chi connectivity index (χ3n) is 2.98. The van der Waals surface area contributed by atoms with E-state index in [2.05, 4.69) is 5.32 Å². The van der Waals surface area contributed by atoms with Crippen molar-refractivity contribution in [3.63, 3.8) is 0 Å². The molecular weight excluding hydrogens is 275 g/mol. The SMILES string of the molecule is CCCCN(CC(=O)NCC(=O)O)Cc1ccccc1F. The molecule has 6 heteroatoms. The van der Waals surface area contributed by atoms with Crippen LogP contribution in [-0.2, 0) is 16.1 Å². The first-order chi connectivity index (χ1) is 10.0. The van der Waals surface area contributed by atoms with Crippen molar-refractivity contribution < 1.29 is 19.1 Å². The molecule has 2 N–H and O–H groups in total. The van der Waals surface area contributed by atoms with Gasteiger partial charge in [-0.15, -0.1) is 0 Å². The molecular formula is C15H21FN2O3. The van der Waals surface area contributed by atoms with E-state index in [1.54, 1.807) is 18.2 Å². The summed E-state index contributed by atoms with van der Waals surface area (Å²) >= 11 is 0. The number of amides is 1. The molecule has 0 heterocycles. The molecule has 0 saturated carbocycles. The third-order valence-corrected chi connectivity index (χ3v) is 2.98. The molecule has 0 unspecified atom stereocenters. The van der Waals surface area contributed by atoms with E-state index in [4.69, 9.17) is 5.11 Å². The van der Waals surface area contributed by atoms with E-state index < -0.39 is 12.5 Å². The van der Waals surface area contributed by atoms with Crippen LogP contribution in [0.5, 0.6) is 0 Å². The molecule has 1 aromatic rings. The molecule has 0 aliphatic rings. The van der Waals surface area contributed by atoms with Gasteiger partial charge < -0.3 is 10.4 Å². The predicted octanol–water partition coefficient (Wildman–Crippen LogP) is 1.63. The number of hydrogen-bond donors (Lipinski definition) is 2. The monoisotopic (exact) mass is 296 g/mol. The topological polar surface area (TPSA) is 69.6 Å². The highest BCUT2D eigenvalue weighted by molar-refractivity contribution is 5.82. The van der Waals surface area contributed by atoms with Crippen LogP contribution in [0.4, 0.5) is 4.39 Å². The van der Waals surface area contributed by atoms with Crippen molar-refractivity contribution in [2.24, 2.45) is 0 Å². The minimum Gasteiger partial charge on any atom is -0.480 e. The van der Waals surface area contributed by atoms with E-state index in [9.17, 15) is 14.0 Å². The Morgan fingerprint density at radius 3 is 2.67 bits per heavy atom. The van der Waals surface area contributed by atoms with Crippen LogP contribution in [0.1, 0.15) is 25.3 Å². The Hall–Kier alpha value is -1.95. The van der Waals surface area contributed by atoms with Crippen molar-refractivity contribution in [1.82, 2.24) is 10.2 Å². The van der Waals surface area contributed by atoms with Gasteiger partial charge in [-0.05, 0) is 19.0 Å². The number of nitrogens with one attached hydrogen (secondary N) is 1. The van der Waals surface area contributed by atoms with Crippen molar-refractivity contribution in [1.29, 1.82) is 0 Å². The van der Waals surface area contributed by atoms with E-state index in [1.807, 2.05) is 11.8 Å². The maximum atomic E-state index is 13.7. The quantitative estimate of drug-likeness (QED) is 0.726. The van der Waals surface area contributed by atoms with Gasteiger partial charge in [-0.3, -0.25) is 14.5 Å². The number of benzene rings is 1. The molecule has 0 aliphatic carbocycles. The minimum absolute atomic E-state index is 0.0572. The number of hydrogen-bond acceptors (Lipinski definition) is 3. The van der Waals surface area contributed by atoms with Crippen molar-refractivity contribution in [3.8, 4) is 0 Å². The normalized spacial score (nSPS) is 10.6. The van der Waals surface area contributed by atoms with Crippen LogP contribution >= 0.6 is 0 Å². The Balaban J connectivity index is 2.60. The lowest BCUT2D eigenvalue weighted by atomic mass is 10.2. The largest absolute Gasteiger partial charge is 0.480 e. The number of carbonyl (C=O) groups excluding carboxylic acids is 1. The summed E-state index contributed by atoms with van der Waals surface area (Å²) in [4.78, 5) is 23.9. The molecule has 1 rings (SSSR count). The summed E-state index contributed by atoms with van der Waals surface area (Å²) in [5, 5.41) is 10.8. The van der Waals surface area contributed by atoms with E-state index in [1.165, 1.54) is 6.07 Å². The fraction of sp³-hybridized carbons (Fsp3) is 0.467. The fourth-order valence-electron chi connectivity index (χ4n) is 1.90.